The molecule has 0 atom stereocenters. The van der Waals surface area contributed by atoms with Gasteiger partial charge in [0.05, 0.1) is 0 Å². The Morgan fingerprint density at radius 3 is 2.69 bits per heavy atom. The Hall–Kier alpha value is -2.94. The molecule has 4 rings (SSSR count). The minimum atomic E-state index is -0.670. The Bertz CT molecular complexity index is 960. The molecule has 0 bridgehead atoms. The fraction of sp³-hybridized carbons (Fsp3) is 0.412. The molecule has 2 aromatic heterocycles. The maximum atomic E-state index is 13.2. The number of anilines is 3. The number of rotatable bonds is 2. The lowest BCUT2D eigenvalue weighted by Crippen LogP contribution is -2.53. The largest absolute Gasteiger partial charge is 0.383 e. The molecule has 2 aliphatic heterocycles. The molecule has 2 aromatic rings. The van der Waals surface area contributed by atoms with Gasteiger partial charge in [-0.3, -0.25) is 14.2 Å². The normalized spacial score (nSPS) is 17.8. The van der Waals surface area contributed by atoms with Gasteiger partial charge >= 0.3 is 0 Å². The fourth-order valence-electron chi connectivity index (χ4n) is 3.76. The van der Waals surface area contributed by atoms with Crippen LogP contribution in [0.4, 0.5) is 17.3 Å². The number of nitrogens with two attached hydrogens (primary N) is 1. The van der Waals surface area contributed by atoms with Crippen LogP contribution in [-0.2, 0) is 5.66 Å². The van der Waals surface area contributed by atoms with Crippen LogP contribution < -0.4 is 27.2 Å². The third-order valence-electron chi connectivity index (χ3n) is 5.19. The van der Waals surface area contributed by atoms with Gasteiger partial charge in [0.25, 0.3) is 11.5 Å². The van der Waals surface area contributed by atoms with E-state index in [4.69, 9.17) is 5.73 Å². The van der Waals surface area contributed by atoms with Gasteiger partial charge < -0.3 is 21.7 Å². The lowest BCUT2D eigenvalue weighted by Gasteiger charge is -2.35. The van der Waals surface area contributed by atoms with Crippen LogP contribution in [0.25, 0.3) is 0 Å². The first-order valence-electron chi connectivity index (χ1n) is 8.57. The number of nitrogens with zero attached hydrogens (tertiary/aromatic N) is 3. The Balaban J connectivity index is 1.86. The van der Waals surface area contributed by atoms with E-state index in [2.05, 4.69) is 25.9 Å². The number of fused-ring (bicyclic) bond motifs is 2. The maximum absolute atomic E-state index is 13.2. The minimum Gasteiger partial charge on any atom is -0.383 e. The van der Waals surface area contributed by atoms with Gasteiger partial charge in [0.15, 0.2) is 0 Å². The van der Waals surface area contributed by atoms with Crippen molar-refractivity contribution in [2.45, 2.75) is 32.4 Å². The number of aryl methyl sites for hydroxylation is 1. The zero-order chi connectivity index (χ0) is 18.5. The first kappa shape index (κ1) is 16.5. The van der Waals surface area contributed by atoms with Gasteiger partial charge in [-0.2, -0.15) is 0 Å². The molecule has 1 saturated heterocycles. The molecule has 9 nitrogen and oxygen atoms in total. The summed E-state index contributed by atoms with van der Waals surface area (Å²) in [4.78, 5) is 33.9. The maximum Gasteiger partial charge on any atom is 0.276 e. The third-order valence-corrected chi connectivity index (χ3v) is 5.19. The van der Waals surface area contributed by atoms with Crippen molar-refractivity contribution in [3.05, 3.63) is 39.6 Å². The molecule has 9 heteroatoms. The number of carbonyl (C=O) groups is 1. The van der Waals surface area contributed by atoms with Crippen molar-refractivity contribution >= 4 is 23.2 Å². The third kappa shape index (κ3) is 2.35. The van der Waals surface area contributed by atoms with Crippen molar-refractivity contribution < 1.29 is 4.79 Å². The monoisotopic (exact) mass is 355 g/mol. The van der Waals surface area contributed by atoms with Crippen molar-refractivity contribution in [3.63, 3.8) is 0 Å². The molecule has 1 fully saturated rings. The molecule has 0 saturated carbocycles. The SMILES string of the molecule is Cc1cc(Nc2ncnc(N)c2C)c(=O)n2c1C(=O)NC21CCNCC1. The number of aromatic nitrogens is 3. The minimum absolute atomic E-state index is 0.199. The van der Waals surface area contributed by atoms with Gasteiger partial charge in [-0.15, -0.1) is 0 Å². The highest BCUT2D eigenvalue weighted by atomic mass is 16.2. The predicted octanol–water partition coefficient (Wildman–Crippen LogP) is 0.361. The molecule has 0 aromatic carbocycles. The summed E-state index contributed by atoms with van der Waals surface area (Å²) < 4.78 is 1.62. The molecule has 1 amide bonds. The molecule has 136 valence electrons. The highest BCUT2D eigenvalue weighted by molar-refractivity contribution is 5.97. The van der Waals surface area contributed by atoms with E-state index in [1.807, 2.05) is 6.92 Å². The van der Waals surface area contributed by atoms with Crippen LogP contribution in [0.1, 0.15) is 34.5 Å². The van der Waals surface area contributed by atoms with E-state index in [0.29, 0.717) is 41.4 Å². The van der Waals surface area contributed by atoms with Gasteiger partial charge in [-0.25, -0.2) is 9.97 Å². The van der Waals surface area contributed by atoms with Crippen LogP contribution in [0, 0.1) is 13.8 Å². The number of hydrogen-bond acceptors (Lipinski definition) is 7. The second-order valence-electron chi connectivity index (χ2n) is 6.82. The number of nitrogen functional groups attached to an aromatic ring is 1. The van der Waals surface area contributed by atoms with E-state index < -0.39 is 5.66 Å². The standard InChI is InChI=1S/C17H21N7O2/c1-9-7-11(22-14-10(2)13(18)20-8-21-14)16(26)24-12(9)15(25)23-17(24)3-5-19-6-4-17/h7-8,19H,3-6H2,1-2H3,(H,23,25)(H3,18,20,21,22). The average Bonchev–Trinajstić information content (AvgIpc) is 2.89. The second-order valence-corrected chi connectivity index (χ2v) is 6.82. The van der Waals surface area contributed by atoms with E-state index in [1.54, 1.807) is 17.6 Å². The van der Waals surface area contributed by atoms with Crippen LogP contribution in [0.5, 0.6) is 0 Å². The van der Waals surface area contributed by atoms with Crippen LogP contribution in [-0.4, -0.2) is 33.5 Å². The van der Waals surface area contributed by atoms with Crippen LogP contribution in [0.3, 0.4) is 0 Å². The van der Waals surface area contributed by atoms with Crippen LogP contribution >= 0.6 is 0 Å². The number of piperidine rings is 1. The van der Waals surface area contributed by atoms with Crippen molar-refractivity contribution in [2.75, 3.05) is 24.1 Å². The fourth-order valence-corrected chi connectivity index (χ4v) is 3.76. The Morgan fingerprint density at radius 1 is 1.23 bits per heavy atom. The summed E-state index contributed by atoms with van der Waals surface area (Å²) in [5.41, 5.74) is 7.11. The Labute approximate surface area is 150 Å². The number of carbonyl (C=O) groups excluding carboxylic acids is 1. The zero-order valence-electron chi connectivity index (χ0n) is 14.7. The number of hydrogen-bond donors (Lipinski definition) is 4. The van der Waals surface area contributed by atoms with Crippen molar-refractivity contribution in [3.8, 4) is 0 Å². The quantitative estimate of drug-likeness (QED) is 0.612. The molecular weight excluding hydrogens is 334 g/mol. The van der Waals surface area contributed by atoms with Gasteiger partial charge in [-0.05, 0) is 38.6 Å². The molecule has 2 aliphatic rings. The van der Waals surface area contributed by atoms with E-state index >= 15 is 0 Å². The second kappa shape index (κ2) is 5.80. The lowest BCUT2D eigenvalue weighted by molar-refractivity contribution is 0.0886. The summed E-state index contributed by atoms with van der Waals surface area (Å²) in [7, 11) is 0. The van der Waals surface area contributed by atoms with Gasteiger partial charge in [0, 0.05) is 18.4 Å². The molecule has 0 aliphatic carbocycles. The number of nitrogens with one attached hydrogen (secondary N) is 3. The molecule has 0 unspecified atom stereocenters. The molecular formula is C17H21N7O2. The van der Waals surface area contributed by atoms with Gasteiger partial charge in [0.1, 0.15) is 35.0 Å². The topological polar surface area (TPSA) is 127 Å². The summed E-state index contributed by atoms with van der Waals surface area (Å²) in [6.07, 6.45) is 2.67. The molecule has 1 spiro atoms. The van der Waals surface area contributed by atoms with E-state index in [0.717, 1.165) is 18.7 Å². The van der Waals surface area contributed by atoms with Gasteiger partial charge in [-0.1, -0.05) is 0 Å². The summed E-state index contributed by atoms with van der Waals surface area (Å²) >= 11 is 0. The first-order valence-corrected chi connectivity index (χ1v) is 8.57. The predicted molar refractivity (Wildman–Crippen MR) is 97.4 cm³/mol. The van der Waals surface area contributed by atoms with E-state index in [-0.39, 0.29) is 11.5 Å². The Kier molecular flexibility index (Phi) is 3.69. The Morgan fingerprint density at radius 2 is 1.96 bits per heavy atom. The molecule has 26 heavy (non-hydrogen) atoms. The smallest absolute Gasteiger partial charge is 0.276 e. The van der Waals surface area contributed by atoms with Crippen LogP contribution in [0.15, 0.2) is 17.2 Å². The summed E-state index contributed by atoms with van der Waals surface area (Å²) in [6, 6.07) is 1.69. The zero-order valence-corrected chi connectivity index (χ0v) is 14.7. The summed E-state index contributed by atoms with van der Waals surface area (Å²) in [5.74, 6) is 0.633. The lowest BCUT2D eigenvalue weighted by atomic mass is 9.98. The van der Waals surface area contributed by atoms with Crippen molar-refractivity contribution in [2.24, 2.45) is 0 Å². The highest BCUT2D eigenvalue weighted by Crippen LogP contribution is 2.32. The average molecular weight is 355 g/mol. The summed E-state index contributed by atoms with van der Waals surface area (Å²) in [6.45, 7) is 5.10. The van der Waals surface area contributed by atoms with E-state index in [9.17, 15) is 9.59 Å². The summed E-state index contributed by atoms with van der Waals surface area (Å²) in [5, 5.41) is 9.38. The molecule has 0 radical (unpaired) electrons. The number of amides is 1. The van der Waals surface area contributed by atoms with Gasteiger partial charge in [0.2, 0.25) is 0 Å². The van der Waals surface area contributed by atoms with Crippen molar-refractivity contribution in [1.29, 1.82) is 0 Å². The molecule has 5 N–H and O–H groups in total. The first-order chi connectivity index (χ1) is 12.4. The highest BCUT2D eigenvalue weighted by Gasteiger charge is 2.45. The molecule has 4 heterocycles. The van der Waals surface area contributed by atoms with E-state index in [1.165, 1.54) is 6.33 Å². The van der Waals surface area contributed by atoms with Crippen molar-refractivity contribution in [1.82, 2.24) is 25.2 Å². The van der Waals surface area contributed by atoms with Crippen LogP contribution in [0.2, 0.25) is 0 Å². The number of pyridine rings is 1.